The minimum Gasteiger partial charge on any atom is -0.468 e. The molecule has 0 atom stereocenters. The standard InChI is InChI=1S/C13H14N2O3S/c1-9-12(6-7-18-9)19-8-10-4-3-5-11(15(16)17)13(10)14-2/h3-7,14H,8H2,1-2H3. The highest BCUT2D eigenvalue weighted by Crippen LogP contribution is 2.33. The van der Waals surface area contributed by atoms with Crippen molar-refractivity contribution in [2.24, 2.45) is 0 Å². The summed E-state index contributed by atoms with van der Waals surface area (Å²) in [5.41, 5.74) is 1.58. The third kappa shape index (κ3) is 2.90. The predicted molar refractivity (Wildman–Crippen MR) is 75.6 cm³/mol. The molecule has 1 heterocycles. The van der Waals surface area contributed by atoms with E-state index in [4.69, 9.17) is 4.42 Å². The van der Waals surface area contributed by atoms with Gasteiger partial charge < -0.3 is 9.73 Å². The van der Waals surface area contributed by atoms with Gasteiger partial charge in [0.2, 0.25) is 0 Å². The molecule has 0 spiro atoms. The second-order valence-electron chi connectivity index (χ2n) is 3.95. The van der Waals surface area contributed by atoms with E-state index >= 15 is 0 Å². The number of hydrogen-bond donors (Lipinski definition) is 1. The fraction of sp³-hybridized carbons (Fsp3) is 0.231. The Morgan fingerprint density at radius 3 is 2.79 bits per heavy atom. The number of nitro benzene ring substituents is 1. The predicted octanol–water partition coefficient (Wildman–Crippen LogP) is 3.83. The zero-order valence-corrected chi connectivity index (χ0v) is 11.5. The maximum absolute atomic E-state index is 11.0. The van der Waals surface area contributed by atoms with Gasteiger partial charge in [0.05, 0.1) is 11.2 Å². The Balaban J connectivity index is 2.23. The summed E-state index contributed by atoms with van der Waals surface area (Å²) < 4.78 is 5.23. The van der Waals surface area contributed by atoms with Gasteiger partial charge in [-0.2, -0.15) is 0 Å². The van der Waals surface area contributed by atoms with Crippen molar-refractivity contribution in [2.45, 2.75) is 17.6 Å². The SMILES string of the molecule is CNc1c(CSc2ccoc2C)cccc1[N+](=O)[O-]. The van der Waals surface area contributed by atoms with Gasteiger partial charge in [-0.05, 0) is 18.6 Å². The largest absolute Gasteiger partial charge is 0.468 e. The van der Waals surface area contributed by atoms with E-state index in [1.807, 2.05) is 19.1 Å². The molecule has 1 aromatic heterocycles. The molecular weight excluding hydrogens is 264 g/mol. The average Bonchev–Trinajstić information content (AvgIpc) is 2.81. The van der Waals surface area contributed by atoms with Gasteiger partial charge in [0.25, 0.3) is 5.69 Å². The van der Waals surface area contributed by atoms with Crippen molar-refractivity contribution in [2.75, 3.05) is 12.4 Å². The van der Waals surface area contributed by atoms with Gasteiger partial charge in [-0.3, -0.25) is 10.1 Å². The van der Waals surface area contributed by atoms with Crippen molar-refractivity contribution >= 4 is 23.1 Å². The molecule has 0 aliphatic heterocycles. The van der Waals surface area contributed by atoms with Gasteiger partial charge in [0.15, 0.2) is 0 Å². The van der Waals surface area contributed by atoms with Crippen LogP contribution in [0.2, 0.25) is 0 Å². The van der Waals surface area contributed by atoms with E-state index in [1.165, 1.54) is 6.07 Å². The molecule has 1 N–H and O–H groups in total. The summed E-state index contributed by atoms with van der Waals surface area (Å²) in [6, 6.07) is 7.00. The van der Waals surface area contributed by atoms with Crippen LogP contribution in [-0.4, -0.2) is 12.0 Å². The van der Waals surface area contributed by atoms with Gasteiger partial charge in [0, 0.05) is 23.8 Å². The van der Waals surface area contributed by atoms with Crippen LogP contribution in [0.25, 0.3) is 0 Å². The molecule has 6 heteroatoms. The molecule has 0 aliphatic rings. The minimum atomic E-state index is -0.372. The fourth-order valence-corrected chi connectivity index (χ4v) is 2.78. The van der Waals surface area contributed by atoms with E-state index in [0.29, 0.717) is 11.4 Å². The number of aryl methyl sites for hydroxylation is 1. The summed E-state index contributed by atoms with van der Waals surface area (Å²) in [7, 11) is 1.69. The first-order chi connectivity index (χ1) is 9.13. The zero-order valence-electron chi connectivity index (χ0n) is 10.7. The van der Waals surface area contributed by atoms with Crippen LogP contribution in [0.4, 0.5) is 11.4 Å². The van der Waals surface area contributed by atoms with Crippen LogP contribution >= 0.6 is 11.8 Å². The van der Waals surface area contributed by atoms with Gasteiger partial charge >= 0.3 is 0 Å². The molecule has 19 heavy (non-hydrogen) atoms. The highest BCUT2D eigenvalue weighted by atomic mass is 32.2. The first-order valence-corrected chi connectivity index (χ1v) is 6.73. The molecule has 2 aromatic rings. The minimum absolute atomic E-state index is 0.101. The first kappa shape index (κ1) is 13.5. The molecular formula is C13H14N2O3S. The van der Waals surface area contributed by atoms with Gasteiger partial charge in [0.1, 0.15) is 11.4 Å². The van der Waals surface area contributed by atoms with Crippen molar-refractivity contribution in [3.05, 3.63) is 52.0 Å². The highest BCUT2D eigenvalue weighted by molar-refractivity contribution is 7.98. The van der Waals surface area contributed by atoms with Crippen molar-refractivity contribution < 1.29 is 9.34 Å². The Bertz CT molecular complexity index is 595. The summed E-state index contributed by atoms with van der Waals surface area (Å²) in [4.78, 5) is 11.6. The smallest absolute Gasteiger partial charge is 0.292 e. The van der Waals surface area contributed by atoms with Gasteiger partial charge in [-0.25, -0.2) is 0 Å². The monoisotopic (exact) mass is 278 g/mol. The normalized spacial score (nSPS) is 10.4. The molecule has 5 nitrogen and oxygen atoms in total. The van der Waals surface area contributed by atoms with Gasteiger partial charge in [-0.1, -0.05) is 12.1 Å². The molecule has 0 bridgehead atoms. The molecule has 0 amide bonds. The van der Waals surface area contributed by atoms with Crippen LogP contribution in [0.15, 0.2) is 39.8 Å². The summed E-state index contributed by atoms with van der Waals surface area (Å²) in [5, 5.41) is 13.9. The van der Waals surface area contributed by atoms with E-state index in [1.54, 1.807) is 31.1 Å². The van der Waals surface area contributed by atoms with Crippen molar-refractivity contribution in [1.82, 2.24) is 0 Å². The van der Waals surface area contributed by atoms with E-state index in [9.17, 15) is 10.1 Å². The number of nitro groups is 1. The lowest BCUT2D eigenvalue weighted by molar-refractivity contribution is -0.384. The molecule has 0 saturated carbocycles. The fourth-order valence-electron chi connectivity index (χ4n) is 1.83. The molecule has 0 fully saturated rings. The molecule has 0 aliphatic carbocycles. The zero-order chi connectivity index (χ0) is 13.8. The summed E-state index contributed by atoms with van der Waals surface area (Å²) in [6.07, 6.45) is 1.64. The maximum atomic E-state index is 11.0. The number of hydrogen-bond acceptors (Lipinski definition) is 5. The van der Waals surface area contributed by atoms with Crippen LogP contribution in [0, 0.1) is 17.0 Å². The van der Waals surface area contributed by atoms with Gasteiger partial charge in [-0.15, -0.1) is 11.8 Å². The Morgan fingerprint density at radius 1 is 1.42 bits per heavy atom. The van der Waals surface area contributed by atoms with Crippen molar-refractivity contribution in [3.8, 4) is 0 Å². The van der Waals surface area contributed by atoms with Crippen LogP contribution in [0.3, 0.4) is 0 Å². The topological polar surface area (TPSA) is 68.3 Å². The molecule has 2 rings (SSSR count). The quantitative estimate of drug-likeness (QED) is 0.511. The lowest BCUT2D eigenvalue weighted by Crippen LogP contribution is -2.00. The molecule has 100 valence electrons. The lowest BCUT2D eigenvalue weighted by atomic mass is 10.1. The second kappa shape index (κ2) is 5.79. The third-order valence-corrected chi connectivity index (χ3v) is 3.96. The number of benzene rings is 1. The number of para-hydroxylation sites is 1. The molecule has 1 aromatic carbocycles. The van der Waals surface area contributed by atoms with E-state index < -0.39 is 0 Å². The average molecular weight is 278 g/mol. The number of rotatable bonds is 5. The van der Waals surface area contributed by atoms with Crippen LogP contribution in [0.5, 0.6) is 0 Å². The van der Waals surface area contributed by atoms with E-state index in [-0.39, 0.29) is 10.6 Å². The molecule has 0 unspecified atom stereocenters. The van der Waals surface area contributed by atoms with Crippen molar-refractivity contribution in [1.29, 1.82) is 0 Å². The Kier molecular flexibility index (Phi) is 4.11. The summed E-state index contributed by atoms with van der Waals surface area (Å²) in [6.45, 7) is 1.90. The van der Waals surface area contributed by atoms with E-state index in [0.717, 1.165) is 16.2 Å². The number of nitrogens with one attached hydrogen (secondary N) is 1. The van der Waals surface area contributed by atoms with E-state index in [2.05, 4.69) is 5.32 Å². The second-order valence-corrected chi connectivity index (χ2v) is 4.97. The summed E-state index contributed by atoms with van der Waals surface area (Å²) >= 11 is 1.60. The Morgan fingerprint density at radius 2 is 2.21 bits per heavy atom. The maximum Gasteiger partial charge on any atom is 0.292 e. The number of nitrogens with zero attached hydrogens (tertiary/aromatic N) is 1. The number of anilines is 1. The first-order valence-electron chi connectivity index (χ1n) is 5.74. The van der Waals surface area contributed by atoms with Crippen LogP contribution in [0.1, 0.15) is 11.3 Å². The number of furan rings is 1. The molecule has 0 radical (unpaired) electrons. The Hall–Kier alpha value is -1.95. The van der Waals surface area contributed by atoms with Crippen LogP contribution in [-0.2, 0) is 5.75 Å². The van der Waals surface area contributed by atoms with Crippen LogP contribution < -0.4 is 5.32 Å². The third-order valence-electron chi connectivity index (χ3n) is 2.77. The highest BCUT2D eigenvalue weighted by Gasteiger charge is 2.16. The molecule has 0 saturated heterocycles. The summed E-state index contributed by atoms with van der Waals surface area (Å²) in [5.74, 6) is 1.51. The van der Waals surface area contributed by atoms with Crippen molar-refractivity contribution in [3.63, 3.8) is 0 Å². The number of thioether (sulfide) groups is 1. The lowest BCUT2D eigenvalue weighted by Gasteiger charge is -2.08. The Labute approximate surface area is 115 Å².